The molecule has 1 saturated heterocycles. The van der Waals surface area contributed by atoms with E-state index in [1.807, 2.05) is 0 Å². The molecule has 3 N–H and O–H groups in total. The Bertz CT molecular complexity index is 210. The van der Waals surface area contributed by atoms with E-state index in [1.165, 1.54) is 38.6 Å². The molecule has 1 heterocycles. The zero-order valence-corrected chi connectivity index (χ0v) is 10.5. The van der Waals surface area contributed by atoms with Crippen molar-refractivity contribution in [2.75, 3.05) is 19.7 Å². The monoisotopic (exact) mass is 226 g/mol. The molecule has 16 heavy (non-hydrogen) atoms. The standard InChI is InChI=1S/C13H26N2O/c1-11(9-12-3-2-7-14-12)15-10-13(4-5-13)6-8-16/h11-12,14-16H,2-10H2,1H3. The van der Waals surface area contributed by atoms with E-state index in [-0.39, 0.29) is 0 Å². The maximum absolute atomic E-state index is 9.00. The number of aliphatic hydroxyl groups is 1. The molecular formula is C13H26N2O. The fraction of sp³-hybridized carbons (Fsp3) is 1.00. The predicted molar refractivity (Wildman–Crippen MR) is 66.5 cm³/mol. The van der Waals surface area contributed by atoms with Gasteiger partial charge in [0.05, 0.1) is 0 Å². The van der Waals surface area contributed by atoms with Crippen LogP contribution in [0.1, 0.15) is 45.4 Å². The van der Waals surface area contributed by atoms with Crippen molar-refractivity contribution in [3.8, 4) is 0 Å². The molecule has 1 aliphatic heterocycles. The second-order valence-corrected chi connectivity index (χ2v) is 5.78. The van der Waals surface area contributed by atoms with Crippen LogP contribution in [0.3, 0.4) is 0 Å². The molecule has 0 bridgehead atoms. The van der Waals surface area contributed by atoms with Crippen molar-refractivity contribution < 1.29 is 5.11 Å². The second-order valence-electron chi connectivity index (χ2n) is 5.78. The zero-order valence-electron chi connectivity index (χ0n) is 10.5. The molecule has 0 aromatic heterocycles. The van der Waals surface area contributed by atoms with Crippen LogP contribution in [0.2, 0.25) is 0 Å². The highest BCUT2D eigenvalue weighted by atomic mass is 16.3. The molecule has 94 valence electrons. The first kappa shape index (κ1) is 12.3. The number of rotatable bonds is 7. The van der Waals surface area contributed by atoms with Crippen LogP contribution in [0.15, 0.2) is 0 Å². The van der Waals surface area contributed by atoms with Gasteiger partial charge in [0.2, 0.25) is 0 Å². The van der Waals surface area contributed by atoms with Gasteiger partial charge in [-0.05, 0) is 57.4 Å². The van der Waals surface area contributed by atoms with Crippen molar-refractivity contribution in [3.63, 3.8) is 0 Å². The van der Waals surface area contributed by atoms with Gasteiger partial charge in [0.1, 0.15) is 0 Å². The van der Waals surface area contributed by atoms with E-state index in [4.69, 9.17) is 5.11 Å². The molecule has 0 aromatic rings. The number of hydrogen-bond acceptors (Lipinski definition) is 3. The summed E-state index contributed by atoms with van der Waals surface area (Å²) in [5, 5.41) is 16.2. The fourth-order valence-corrected chi connectivity index (χ4v) is 2.79. The summed E-state index contributed by atoms with van der Waals surface area (Å²) in [6.07, 6.45) is 7.51. The van der Waals surface area contributed by atoms with Crippen LogP contribution in [-0.4, -0.2) is 36.9 Å². The molecule has 2 atom stereocenters. The molecule has 2 fully saturated rings. The highest BCUT2D eigenvalue weighted by molar-refractivity contribution is 4.95. The van der Waals surface area contributed by atoms with Crippen LogP contribution in [0.5, 0.6) is 0 Å². The van der Waals surface area contributed by atoms with Gasteiger partial charge in [0, 0.05) is 25.2 Å². The molecule has 2 unspecified atom stereocenters. The average molecular weight is 226 g/mol. The van der Waals surface area contributed by atoms with Crippen molar-refractivity contribution in [1.29, 1.82) is 0 Å². The largest absolute Gasteiger partial charge is 0.396 e. The van der Waals surface area contributed by atoms with E-state index < -0.39 is 0 Å². The molecule has 1 saturated carbocycles. The van der Waals surface area contributed by atoms with Crippen molar-refractivity contribution in [2.45, 2.75) is 57.5 Å². The zero-order chi connectivity index (χ0) is 11.4. The minimum absolute atomic E-state index is 0.347. The van der Waals surface area contributed by atoms with Crippen molar-refractivity contribution >= 4 is 0 Å². The van der Waals surface area contributed by atoms with Gasteiger partial charge >= 0.3 is 0 Å². The van der Waals surface area contributed by atoms with Crippen molar-refractivity contribution in [1.82, 2.24) is 10.6 Å². The molecule has 3 heteroatoms. The minimum Gasteiger partial charge on any atom is -0.396 e. The summed E-state index contributed by atoms with van der Waals surface area (Å²) in [6, 6.07) is 1.34. The van der Waals surface area contributed by atoms with Crippen LogP contribution in [-0.2, 0) is 0 Å². The van der Waals surface area contributed by atoms with Gasteiger partial charge in [-0.1, -0.05) is 0 Å². The van der Waals surface area contributed by atoms with Crippen LogP contribution >= 0.6 is 0 Å². The van der Waals surface area contributed by atoms with Gasteiger partial charge in [0.25, 0.3) is 0 Å². The van der Waals surface area contributed by atoms with Gasteiger partial charge in [-0.3, -0.25) is 0 Å². The van der Waals surface area contributed by atoms with E-state index in [0.29, 0.717) is 18.1 Å². The second kappa shape index (κ2) is 5.48. The maximum atomic E-state index is 9.00. The topological polar surface area (TPSA) is 44.3 Å². The summed E-state index contributed by atoms with van der Waals surface area (Å²) in [5.41, 5.74) is 0.451. The van der Waals surface area contributed by atoms with E-state index >= 15 is 0 Å². The van der Waals surface area contributed by atoms with Gasteiger partial charge in [-0.2, -0.15) is 0 Å². The Kier molecular flexibility index (Phi) is 4.22. The lowest BCUT2D eigenvalue weighted by Crippen LogP contribution is -2.37. The third-order valence-electron chi connectivity index (χ3n) is 4.23. The van der Waals surface area contributed by atoms with Crippen molar-refractivity contribution in [3.05, 3.63) is 0 Å². The SMILES string of the molecule is CC(CC1CCCN1)NCC1(CCO)CC1. The quantitative estimate of drug-likeness (QED) is 0.612. The minimum atomic E-state index is 0.347. The fourth-order valence-electron chi connectivity index (χ4n) is 2.79. The summed E-state index contributed by atoms with van der Waals surface area (Å²) < 4.78 is 0. The Balaban J connectivity index is 1.61. The number of hydrogen-bond donors (Lipinski definition) is 3. The Labute approximate surface area is 99.0 Å². The lowest BCUT2D eigenvalue weighted by Gasteiger charge is -2.22. The highest BCUT2D eigenvalue weighted by Crippen LogP contribution is 2.47. The molecule has 0 aromatic carbocycles. The molecule has 0 radical (unpaired) electrons. The Morgan fingerprint density at radius 1 is 1.50 bits per heavy atom. The van der Waals surface area contributed by atoms with Gasteiger partial charge in [0.15, 0.2) is 0 Å². The predicted octanol–water partition coefficient (Wildman–Crippen LogP) is 1.27. The van der Waals surface area contributed by atoms with Gasteiger partial charge in [-0.25, -0.2) is 0 Å². The smallest absolute Gasteiger partial charge is 0.0436 e. The van der Waals surface area contributed by atoms with Crippen LogP contribution in [0.4, 0.5) is 0 Å². The van der Waals surface area contributed by atoms with Crippen LogP contribution < -0.4 is 10.6 Å². The Morgan fingerprint density at radius 2 is 2.31 bits per heavy atom. The molecule has 0 spiro atoms. The van der Waals surface area contributed by atoms with Gasteiger partial charge in [-0.15, -0.1) is 0 Å². The first-order valence-corrected chi connectivity index (χ1v) is 6.82. The maximum Gasteiger partial charge on any atom is 0.0436 e. The van der Waals surface area contributed by atoms with Crippen molar-refractivity contribution in [2.24, 2.45) is 5.41 Å². The summed E-state index contributed by atoms with van der Waals surface area (Å²) in [4.78, 5) is 0. The third kappa shape index (κ3) is 3.44. The third-order valence-corrected chi connectivity index (χ3v) is 4.23. The Hall–Kier alpha value is -0.120. The number of nitrogens with one attached hydrogen (secondary N) is 2. The molecule has 2 rings (SSSR count). The first-order chi connectivity index (χ1) is 7.74. The molecule has 0 amide bonds. The van der Waals surface area contributed by atoms with Crippen LogP contribution in [0.25, 0.3) is 0 Å². The summed E-state index contributed by atoms with van der Waals surface area (Å²) in [6.45, 7) is 4.93. The molecular weight excluding hydrogens is 200 g/mol. The highest BCUT2D eigenvalue weighted by Gasteiger charge is 2.41. The summed E-state index contributed by atoms with van der Waals surface area (Å²) in [5.74, 6) is 0. The van der Waals surface area contributed by atoms with E-state index in [0.717, 1.165) is 19.0 Å². The summed E-state index contributed by atoms with van der Waals surface area (Å²) in [7, 11) is 0. The summed E-state index contributed by atoms with van der Waals surface area (Å²) >= 11 is 0. The average Bonchev–Trinajstić information content (AvgIpc) is 2.83. The molecule has 3 nitrogen and oxygen atoms in total. The van der Waals surface area contributed by atoms with Gasteiger partial charge < -0.3 is 15.7 Å². The molecule has 1 aliphatic carbocycles. The van der Waals surface area contributed by atoms with E-state index in [2.05, 4.69) is 17.6 Å². The lowest BCUT2D eigenvalue weighted by atomic mass is 10.0. The molecule has 2 aliphatic rings. The number of aliphatic hydroxyl groups excluding tert-OH is 1. The normalized spacial score (nSPS) is 29.2. The van der Waals surface area contributed by atoms with Crippen LogP contribution in [0, 0.1) is 5.41 Å². The van der Waals surface area contributed by atoms with E-state index in [9.17, 15) is 0 Å². The van der Waals surface area contributed by atoms with E-state index in [1.54, 1.807) is 0 Å². The lowest BCUT2D eigenvalue weighted by molar-refractivity contribution is 0.241. The first-order valence-electron chi connectivity index (χ1n) is 6.82. The Morgan fingerprint density at radius 3 is 2.88 bits per heavy atom.